The Morgan fingerprint density at radius 3 is 1.49 bits per heavy atom. The van der Waals surface area contributed by atoms with E-state index < -0.39 is 5.41 Å². The lowest BCUT2D eigenvalue weighted by Crippen LogP contribution is -2.26. The quantitative estimate of drug-likeness (QED) is 0.159. The molecule has 0 saturated heterocycles. The molecule has 1 atom stereocenters. The van der Waals surface area contributed by atoms with Crippen molar-refractivity contribution in [3.05, 3.63) is 265 Å². The lowest BCUT2D eigenvalue weighted by atomic mass is 9.70. The molecule has 0 radical (unpaired) electrons. The van der Waals surface area contributed by atoms with Crippen LogP contribution >= 0.6 is 0 Å². The first-order chi connectivity index (χ1) is 30.3. The molecule has 1 unspecified atom stereocenters. The highest BCUT2D eigenvalue weighted by molar-refractivity contribution is 6.02. The third-order valence-electron chi connectivity index (χ3n) is 12.8. The van der Waals surface area contributed by atoms with Crippen LogP contribution in [0.25, 0.3) is 44.2 Å². The third-order valence-corrected chi connectivity index (χ3v) is 12.8. The number of fused-ring (bicyclic) bond motifs is 11. The molecular formula is C59H40N2. The molecule has 2 nitrogen and oxygen atoms in total. The lowest BCUT2D eigenvalue weighted by molar-refractivity contribution is 0.793. The minimum absolute atomic E-state index is 0.559. The number of benzene rings is 10. The van der Waals surface area contributed by atoms with Crippen molar-refractivity contribution in [3.63, 3.8) is 0 Å². The van der Waals surface area contributed by atoms with Crippen LogP contribution in [0.2, 0.25) is 0 Å². The van der Waals surface area contributed by atoms with E-state index in [0.29, 0.717) is 0 Å². The largest absolute Gasteiger partial charge is 0.310 e. The van der Waals surface area contributed by atoms with Gasteiger partial charge >= 0.3 is 0 Å². The van der Waals surface area contributed by atoms with Crippen molar-refractivity contribution in [3.8, 4) is 33.4 Å². The van der Waals surface area contributed by atoms with Crippen LogP contribution in [0.5, 0.6) is 0 Å². The Hall–Kier alpha value is -7.94. The highest BCUT2D eigenvalue weighted by atomic mass is 15.2. The van der Waals surface area contributed by atoms with Crippen molar-refractivity contribution in [1.82, 2.24) is 0 Å². The van der Waals surface area contributed by atoms with Gasteiger partial charge in [-0.05, 0) is 116 Å². The molecule has 2 aliphatic carbocycles. The number of hydrogen-bond acceptors (Lipinski definition) is 2. The summed E-state index contributed by atoms with van der Waals surface area (Å²) in [5, 5.41) is 2.45. The number of nitrogens with zero attached hydrogens (tertiary/aromatic N) is 2. The number of anilines is 6. The van der Waals surface area contributed by atoms with Gasteiger partial charge < -0.3 is 9.80 Å². The highest BCUT2D eigenvalue weighted by Gasteiger charge is 2.52. The SMILES string of the molecule is c1ccc(-c2ccccc2N(c2ccccc2)c2ccc3c(c2)C2(c4ccccc4-3)c3ccccc3-c3c(N(c4ccccc4)c4ccc5ccccc5c4)cccc32)cc1. The van der Waals surface area contributed by atoms with E-state index in [1.54, 1.807) is 0 Å². The molecule has 0 N–H and O–H groups in total. The van der Waals surface area contributed by atoms with E-state index in [0.717, 1.165) is 34.1 Å². The van der Waals surface area contributed by atoms with Gasteiger partial charge in [0.05, 0.1) is 16.8 Å². The van der Waals surface area contributed by atoms with Crippen molar-refractivity contribution in [1.29, 1.82) is 0 Å². The second-order valence-corrected chi connectivity index (χ2v) is 16.0. The number of hydrogen-bond donors (Lipinski definition) is 0. The molecule has 10 aromatic rings. The lowest BCUT2D eigenvalue weighted by Gasteiger charge is -2.33. The van der Waals surface area contributed by atoms with E-state index in [4.69, 9.17) is 0 Å². The molecule has 0 aromatic heterocycles. The molecule has 286 valence electrons. The number of para-hydroxylation sites is 3. The van der Waals surface area contributed by atoms with E-state index in [1.807, 2.05) is 0 Å². The third kappa shape index (κ3) is 5.36. The fourth-order valence-electron chi connectivity index (χ4n) is 10.3. The van der Waals surface area contributed by atoms with E-state index in [9.17, 15) is 0 Å². The fraction of sp³-hybridized carbons (Fsp3) is 0.0169. The molecule has 0 heterocycles. The van der Waals surface area contributed by atoms with Gasteiger partial charge in [-0.2, -0.15) is 0 Å². The zero-order chi connectivity index (χ0) is 40.3. The molecule has 0 bridgehead atoms. The first-order valence-corrected chi connectivity index (χ1v) is 21.1. The van der Waals surface area contributed by atoms with Crippen LogP contribution in [0, 0.1) is 0 Å². The molecule has 0 amide bonds. The van der Waals surface area contributed by atoms with Gasteiger partial charge in [-0.15, -0.1) is 0 Å². The Morgan fingerprint density at radius 1 is 0.262 bits per heavy atom. The Bertz CT molecular complexity index is 3260. The van der Waals surface area contributed by atoms with Crippen LogP contribution < -0.4 is 9.80 Å². The smallest absolute Gasteiger partial charge is 0.0727 e. The summed E-state index contributed by atoms with van der Waals surface area (Å²) in [5.41, 5.74) is 18.9. The zero-order valence-corrected chi connectivity index (χ0v) is 33.5. The predicted molar refractivity (Wildman–Crippen MR) is 255 cm³/mol. The maximum atomic E-state index is 2.49. The van der Waals surface area contributed by atoms with Gasteiger partial charge in [0.25, 0.3) is 0 Å². The van der Waals surface area contributed by atoms with Gasteiger partial charge in [0, 0.05) is 33.9 Å². The Kier molecular flexibility index (Phi) is 8.11. The summed E-state index contributed by atoms with van der Waals surface area (Å²) >= 11 is 0. The maximum absolute atomic E-state index is 2.49. The average molecular weight is 777 g/mol. The van der Waals surface area contributed by atoms with E-state index in [-0.39, 0.29) is 0 Å². The first kappa shape index (κ1) is 35.0. The summed E-state index contributed by atoms with van der Waals surface area (Å²) in [5.74, 6) is 0. The van der Waals surface area contributed by atoms with Crippen molar-refractivity contribution in [2.75, 3.05) is 9.80 Å². The molecule has 2 aliphatic rings. The van der Waals surface area contributed by atoms with Crippen LogP contribution in [0.15, 0.2) is 243 Å². The first-order valence-electron chi connectivity index (χ1n) is 21.1. The van der Waals surface area contributed by atoms with Crippen molar-refractivity contribution >= 4 is 44.9 Å². The monoisotopic (exact) mass is 776 g/mol. The summed E-state index contributed by atoms with van der Waals surface area (Å²) in [6.45, 7) is 0. The second-order valence-electron chi connectivity index (χ2n) is 16.0. The normalized spacial score (nSPS) is 14.3. The standard InChI is InChI=1S/C59H40N2/c1-4-20-42(21-5-1)48-27-14-17-33-56(48)60(44-23-6-2-7-24-44)47-37-38-50-49-28-12-15-30-52(49)59(55(50)40-47)53-31-16-13-29-51(53)58-54(59)32-18-34-57(58)61(45-25-8-3-9-26-45)46-36-35-41-19-10-11-22-43(41)39-46/h1-40H. The molecule has 2 heteroatoms. The fourth-order valence-corrected chi connectivity index (χ4v) is 10.3. The summed E-state index contributed by atoms with van der Waals surface area (Å²) in [7, 11) is 0. The van der Waals surface area contributed by atoms with Crippen molar-refractivity contribution in [2.24, 2.45) is 0 Å². The number of rotatable bonds is 7. The van der Waals surface area contributed by atoms with Crippen LogP contribution in [0.4, 0.5) is 34.1 Å². The van der Waals surface area contributed by atoms with Gasteiger partial charge in [-0.1, -0.05) is 182 Å². The summed E-state index contributed by atoms with van der Waals surface area (Å²) < 4.78 is 0. The summed E-state index contributed by atoms with van der Waals surface area (Å²) in [6, 6.07) is 89.0. The highest BCUT2D eigenvalue weighted by Crippen LogP contribution is 2.65. The van der Waals surface area contributed by atoms with Crippen LogP contribution in [0.3, 0.4) is 0 Å². The molecule has 10 aromatic carbocycles. The van der Waals surface area contributed by atoms with Crippen molar-refractivity contribution in [2.45, 2.75) is 5.41 Å². The van der Waals surface area contributed by atoms with Crippen LogP contribution in [0.1, 0.15) is 22.3 Å². The van der Waals surface area contributed by atoms with Crippen molar-refractivity contribution < 1.29 is 0 Å². The average Bonchev–Trinajstić information content (AvgIpc) is 3.80. The van der Waals surface area contributed by atoms with E-state index >= 15 is 0 Å². The van der Waals surface area contributed by atoms with Gasteiger partial charge in [-0.25, -0.2) is 0 Å². The molecule has 0 fully saturated rings. The predicted octanol–water partition coefficient (Wildman–Crippen LogP) is 15.8. The second kappa shape index (κ2) is 14.1. The minimum atomic E-state index is -0.559. The van der Waals surface area contributed by atoms with Crippen LogP contribution in [-0.4, -0.2) is 0 Å². The van der Waals surface area contributed by atoms with Gasteiger partial charge in [0.15, 0.2) is 0 Å². The Labute approximate surface area is 356 Å². The van der Waals surface area contributed by atoms with Crippen LogP contribution in [-0.2, 0) is 5.41 Å². The zero-order valence-electron chi connectivity index (χ0n) is 33.5. The van der Waals surface area contributed by atoms with Gasteiger partial charge in [-0.3, -0.25) is 0 Å². The Morgan fingerprint density at radius 2 is 0.754 bits per heavy atom. The molecule has 1 spiro atoms. The molecule has 12 rings (SSSR count). The minimum Gasteiger partial charge on any atom is -0.310 e. The molecule has 61 heavy (non-hydrogen) atoms. The topological polar surface area (TPSA) is 6.48 Å². The van der Waals surface area contributed by atoms with E-state index in [2.05, 4.69) is 252 Å². The Balaban J connectivity index is 1.13. The molecular weight excluding hydrogens is 737 g/mol. The summed E-state index contributed by atoms with van der Waals surface area (Å²) in [6.07, 6.45) is 0. The van der Waals surface area contributed by atoms with Gasteiger partial charge in [0.1, 0.15) is 0 Å². The molecule has 0 aliphatic heterocycles. The summed E-state index contributed by atoms with van der Waals surface area (Å²) in [4.78, 5) is 4.89. The maximum Gasteiger partial charge on any atom is 0.0727 e. The van der Waals surface area contributed by atoms with E-state index in [1.165, 1.54) is 66.4 Å². The van der Waals surface area contributed by atoms with Gasteiger partial charge in [0.2, 0.25) is 0 Å². The molecule has 0 saturated carbocycles.